The van der Waals surface area contributed by atoms with Crippen LogP contribution in [-0.4, -0.2) is 55.7 Å². The highest BCUT2D eigenvalue weighted by Gasteiger charge is 2.34. The van der Waals surface area contributed by atoms with Gasteiger partial charge in [-0.3, -0.25) is 9.89 Å². The molecule has 136 valence electrons. The highest BCUT2D eigenvalue weighted by molar-refractivity contribution is 5.80. The fraction of sp³-hybridized carbons (Fsp3) is 0.650. The van der Waals surface area contributed by atoms with Crippen molar-refractivity contribution in [1.29, 1.82) is 0 Å². The number of nitrogens with zero attached hydrogens (tertiary/aromatic N) is 2. The molecule has 2 fully saturated rings. The van der Waals surface area contributed by atoms with Crippen molar-refractivity contribution in [2.24, 2.45) is 4.99 Å². The van der Waals surface area contributed by atoms with Gasteiger partial charge in [-0.25, -0.2) is 0 Å². The number of ether oxygens (including phenoxy) is 1. The summed E-state index contributed by atoms with van der Waals surface area (Å²) in [6.07, 6.45) is 5.05. The van der Waals surface area contributed by atoms with Crippen LogP contribution in [0.25, 0.3) is 0 Å². The van der Waals surface area contributed by atoms with E-state index in [1.54, 1.807) is 0 Å². The number of para-hydroxylation sites is 1. The van der Waals surface area contributed by atoms with Gasteiger partial charge in [0.2, 0.25) is 0 Å². The third kappa shape index (κ3) is 4.09. The summed E-state index contributed by atoms with van der Waals surface area (Å²) >= 11 is 0. The number of aliphatic imine (C=N–C) groups is 1. The summed E-state index contributed by atoms with van der Waals surface area (Å²) in [5.41, 5.74) is 1.30. The molecule has 2 heterocycles. The molecule has 0 amide bonds. The lowest BCUT2D eigenvalue weighted by molar-refractivity contribution is 0.269. The van der Waals surface area contributed by atoms with Gasteiger partial charge in [0, 0.05) is 44.2 Å². The van der Waals surface area contributed by atoms with Gasteiger partial charge in [-0.1, -0.05) is 18.2 Å². The first-order chi connectivity index (χ1) is 12.3. The van der Waals surface area contributed by atoms with Gasteiger partial charge in [-0.2, -0.15) is 0 Å². The van der Waals surface area contributed by atoms with E-state index in [-0.39, 0.29) is 0 Å². The molecule has 2 atom stereocenters. The summed E-state index contributed by atoms with van der Waals surface area (Å²) in [6, 6.07) is 9.78. The van der Waals surface area contributed by atoms with Crippen molar-refractivity contribution in [3.05, 3.63) is 29.8 Å². The molecule has 1 aromatic rings. The summed E-state index contributed by atoms with van der Waals surface area (Å²) in [7, 11) is 0. The maximum Gasteiger partial charge on any atom is 0.191 e. The van der Waals surface area contributed by atoms with Crippen molar-refractivity contribution in [3.63, 3.8) is 0 Å². The van der Waals surface area contributed by atoms with Gasteiger partial charge in [0.1, 0.15) is 5.75 Å². The minimum atomic E-state index is 0.451. The molecule has 1 aromatic carbocycles. The van der Waals surface area contributed by atoms with Crippen molar-refractivity contribution in [2.75, 3.05) is 32.8 Å². The summed E-state index contributed by atoms with van der Waals surface area (Å²) in [6.45, 7) is 7.03. The van der Waals surface area contributed by atoms with Crippen LogP contribution in [0, 0.1) is 0 Å². The lowest BCUT2D eigenvalue weighted by atomic mass is 9.93. The second-order valence-electron chi connectivity index (χ2n) is 7.45. The van der Waals surface area contributed by atoms with Crippen LogP contribution in [0.15, 0.2) is 29.3 Å². The van der Waals surface area contributed by atoms with E-state index >= 15 is 0 Å². The predicted molar refractivity (Wildman–Crippen MR) is 101 cm³/mol. The molecule has 1 saturated carbocycles. The van der Waals surface area contributed by atoms with E-state index in [9.17, 15) is 0 Å². The maximum atomic E-state index is 5.77. The fourth-order valence-electron chi connectivity index (χ4n) is 4.00. The molecule has 0 bridgehead atoms. The Kier molecular flexibility index (Phi) is 5.11. The Labute approximate surface area is 150 Å². The second-order valence-corrected chi connectivity index (χ2v) is 7.45. The van der Waals surface area contributed by atoms with Crippen LogP contribution in [0.1, 0.15) is 44.1 Å². The average Bonchev–Trinajstić information content (AvgIpc) is 3.39. The zero-order chi connectivity index (χ0) is 17.1. The molecule has 25 heavy (non-hydrogen) atoms. The smallest absolute Gasteiger partial charge is 0.191 e. The fourth-order valence-corrected chi connectivity index (χ4v) is 4.00. The first-order valence-corrected chi connectivity index (χ1v) is 9.84. The second kappa shape index (κ2) is 7.65. The Morgan fingerprint density at radius 1 is 1.24 bits per heavy atom. The van der Waals surface area contributed by atoms with Crippen molar-refractivity contribution < 1.29 is 4.74 Å². The van der Waals surface area contributed by atoms with Crippen molar-refractivity contribution >= 4 is 5.96 Å². The number of nitrogens with one attached hydrogen (secondary N) is 2. The SMILES string of the molecule is CCNC(=NCC1CCOc2ccccc21)NC1CCN(C2CC2)C1. The minimum absolute atomic E-state index is 0.451. The molecule has 0 aromatic heterocycles. The molecule has 0 radical (unpaired) electrons. The van der Waals surface area contributed by atoms with Gasteiger partial charge in [-0.15, -0.1) is 0 Å². The minimum Gasteiger partial charge on any atom is -0.493 e. The normalized spacial score (nSPS) is 26.8. The lowest BCUT2D eigenvalue weighted by Crippen LogP contribution is -2.45. The average molecular weight is 342 g/mol. The molecular weight excluding hydrogens is 312 g/mol. The van der Waals surface area contributed by atoms with E-state index in [1.807, 2.05) is 6.07 Å². The van der Waals surface area contributed by atoms with Crippen LogP contribution in [0.4, 0.5) is 0 Å². The Balaban J connectivity index is 1.37. The maximum absolute atomic E-state index is 5.77. The van der Waals surface area contributed by atoms with Crippen molar-refractivity contribution in [3.8, 4) is 5.75 Å². The monoisotopic (exact) mass is 342 g/mol. The molecule has 1 saturated heterocycles. The van der Waals surface area contributed by atoms with Gasteiger partial charge >= 0.3 is 0 Å². The largest absolute Gasteiger partial charge is 0.493 e. The van der Waals surface area contributed by atoms with Crippen LogP contribution in [0.5, 0.6) is 5.75 Å². The highest BCUT2D eigenvalue weighted by atomic mass is 16.5. The quantitative estimate of drug-likeness (QED) is 0.637. The van der Waals surface area contributed by atoms with Crippen LogP contribution in [0.3, 0.4) is 0 Å². The van der Waals surface area contributed by atoms with Crippen LogP contribution >= 0.6 is 0 Å². The van der Waals surface area contributed by atoms with E-state index in [0.717, 1.165) is 50.4 Å². The molecular formula is C20H30N4O. The summed E-state index contributed by atoms with van der Waals surface area (Å²) in [5.74, 6) is 2.45. The Morgan fingerprint density at radius 2 is 2.12 bits per heavy atom. The molecule has 3 aliphatic rings. The third-order valence-corrected chi connectivity index (χ3v) is 5.52. The molecule has 4 rings (SSSR count). The van der Waals surface area contributed by atoms with Gasteiger partial charge in [-0.05, 0) is 44.2 Å². The number of rotatable bonds is 5. The molecule has 0 spiro atoms. The third-order valence-electron chi connectivity index (χ3n) is 5.52. The van der Waals surface area contributed by atoms with Crippen molar-refractivity contribution in [2.45, 2.75) is 50.6 Å². The van der Waals surface area contributed by atoms with Gasteiger partial charge in [0.25, 0.3) is 0 Å². The van der Waals surface area contributed by atoms with E-state index in [1.165, 1.54) is 31.4 Å². The zero-order valence-electron chi connectivity index (χ0n) is 15.2. The van der Waals surface area contributed by atoms with Gasteiger partial charge in [0.15, 0.2) is 5.96 Å². The summed E-state index contributed by atoms with van der Waals surface area (Å²) in [5, 5.41) is 7.08. The van der Waals surface area contributed by atoms with Crippen LogP contribution in [-0.2, 0) is 0 Å². The number of hydrogen-bond donors (Lipinski definition) is 2. The number of benzene rings is 1. The first kappa shape index (κ1) is 16.7. The van der Waals surface area contributed by atoms with Gasteiger partial charge in [0.05, 0.1) is 6.61 Å². The van der Waals surface area contributed by atoms with Gasteiger partial charge < -0.3 is 15.4 Å². The first-order valence-electron chi connectivity index (χ1n) is 9.84. The van der Waals surface area contributed by atoms with E-state index in [2.05, 4.69) is 40.7 Å². The topological polar surface area (TPSA) is 48.9 Å². The number of likely N-dealkylation sites (tertiary alicyclic amines) is 1. The van der Waals surface area contributed by atoms with Crippen LogP contribution < -0.4 is 15.4 Å². The predicted octanol–water partition coefficient (Wildman–Crippen LogP) is 2.34. The van der Waals surface area contributed by atoms with Crippen molar-refractivity contribution in [1.82, 2.24) is 15.5 Å². The zero-order valence-corrected chi connectivity index (χ0v) is 15.2. The molecule has 2 aliphatic heterocycles. The van der Waals surface area contributed by atoms with E-state index in [4.69, 9.17) is 9.73 Å². The lowest BCUT2D eigenvalue weighted by Gasteiger charge is -2.25. The van der Waals surface area contributed by atoms with E-state index in [0.29, 0.717) is 12.0 Å². The number of fused-ring (bicyclic) bond motifs is 1. The summed E-state index contributed by atoms with van der Waals surface area (Å²) < 4.78 is 5.77. The molecule has 2 N–H and O–H groups in total. The summed E-state index contributed by atoms with van der Waals surface area (Å²) in [4.78, 5) is 7.54. The molecule has 5 heteroatoms. The Hall–Kier alpha value is -1.75. The number of hydrogen-bond acceptors (Lipinski definition) is 3. The number of guanidine groups is 1. The standard InChI is InChI=1S/C20H30N4O/c1-2-21-20(23-16-9-11-24(14-16)17-7-8-17)22-13-15-10-12-25-19-6-4-3-5-18(15)19/h3-6,15-17H,2,7-14H2,1H3,(H2,21,22,23). The Bertz CT molecular complexity index is 613. The molecule has 5 nitrogen and oxygen atoms in total. The molecule has 2 unspecified atom stereocenters. The van der Waals surface area contributed by atoms with E-state index < -0.39 is 0 Å². The molecule has 1 aliphatic carbocycles. The highest BCUT2D eigenvalue weighted by Crippen LogP contribution is 2.33. The van der Waals surface area contributed by atoms with Crippen LogP contribution in [0.2, 0.25) is 0 Å². The Morgan fingerprint density at radius 3 is 2.96 bits per heavy atom.